The van der Waals surface area contributed by atoms with Gasteiger partial charge < -0.3 is 24.4 Å². The van der Waals surface area contributed by atoms with Crippen molar-refractivity contribution in [3.05, 3.63) is 47.8 Å². The molecule has 2 amide bonds. The molecule has 0 bridgehead atoms. The molecule has 0 radical (unpaired) electrons. The van der Waals surface area contributed by atoms with Crippen LogP contribution < -0.4 is 19.5 Å². The zero-order valence-corrected chi connectivity index (χ0v) is 17.8. The van der Waals surface area contributed by atoms with Crippen LogP contribution in [0.1, 0.15) is 10.4 Å². The summed E-state index contributed by atoms with van der Waals surface area (Å²) in [6.45, 7) is 2.25. The number of hydrogen-bond donors (Lipinski definition) is 1. The Bertz CT molecular complexity index is 927. The van der Waals surface area contributed by atoms with Crippen LogP contribution in [-0.2, 0) is 4.79 Å². The van der Waals surface area contributed by atoms with Gasteiger partial charge in [0.25, 0.3) is 5.91 Å². The lowest BCUT2D eigenvalue weighted by molar-refractivity contribution is -0.117. The Morgan fingerprint density at radius 2 is 1.55 bits per heavy atom. The molecule has 8 nitrogen and oxygen atoms in total. The number of ether oxygens (including phenoxy) is 3. The van der Waals surface area contributed by atoms with E-state index < -0.39 is 0 Å². The van der Waals surface area contributed by atoms with Gasteiger partial charge in [0.15, 0.2) is 11.5 Å². The fourth-order valence-electron chi connectivity index (χ4n) is 3.49. The Balaban J connectivity index is 1.58. The minimum absolute atomic E-state index is 0.173. The normalized spacial score (nSPS) is 14.1. The first-order valence-electron chi connectivity index (χ1n) is 9.82. The second-order valence-corrected chi connectivity index (χ2v) is 7.01. The van der Waals surface area contributed by atoms with Gasteiger partial charge in [-0.1, -0.05) is 0 Å². The largest absolute Gasteiger partial charge is 0.493 e. The van der Waals surface area contributed by atoms with E-state index in [4.69, 9.17) is 14.2 Å². The van der Waals surface area contributed by atoms with Crippen LogP contribution in [0.4, 0.5) is 10.1 Å². The fraction of sp³-hybridized carbons (Fsp3) is 0.364. The molecule has 1 saturated heterocycles. The molecule has 1 aliphatic rings. The Kier molecular flexibility index (Phi) is 7.30. The SMILES string of the molecule is COc1ccc(C(=O)N2CCN(CC(=O)Nc3ccc(F)cc3)CC2)c(OC)c1OC. The lowest BCUT2D eigenvalue weighted by Crippen LogP contribution is -2.50. The summed E-state index contributed by atoms with van der Waals surface area (Å²) >= 11 is 0. The second-order valence-electron chi connectivity index (χ2n) is 7.01. The average molecular weight is 431 g/mol. The molecular formula is C22H26FN3O5. The number of nitrogens with one attached hydrogen (secondary N) is 1. The summed E-state index contributed by atoms with van der Waals surface area (Å²) in [5.74, 6) is 0.457. The van der Waals surface area contributed by atoms with E-state index in [1.54, 1.807) is 17.0 Å². The van der Waals surface area contributed by atoms with E-state index in [2.05, 4.69) is 5.32 Å². The summed E-state index contributed by atoms with van der Waals surface area (Å²) < 4.78 is 29.0. The highest BCUT2D eigenvalue weighted by Crippen LogP contribution is 2.40. The van der Waals surface area contributed by atoms with Gasteiger partial charge in [-0.3, -0.25) is 14.5 Å². The number of anilines is 1. The maximum Gasteiger partial charge on any atom is 0.257 e. The Hall–Kier alpha value is -3.33. The van der Waals surface area contributed by atoms with Crippen LogP contribution in [0.5, 0.6) is 17.2 Å². The number of benzene rings is 2. The van der Waals surface area contributed by atoms with Gasteiger partial charge >= 0.3 is 0 Å². The van der Waals surface area contributed by atoms with E-state index in [1.165, 1.54) is 45.6 Å². The van der Waals surface area contributed by atoms with Crippen LogP contribution >= 0.6 is 0 Å². The predicted octanol–water partition coefficient (Wildman–Crippen LogP) is 2.25. The number of nitrogens with zero attached hydrogens (tertiary/aromatic N) is 2. The molecule has 1 heterocycles. The van der Waals surface area contributed by atoms with E-state index in [1.807, 2.05) is 4.90 Å². The van der Waals surface area contributed by atoms with Gasteiger partial charge in [-0.2, -0.15) is 0 Å². The average Bonchev–Trinajstić information content (AvgIpc) is 2.79. The molecule has 2 aromatic rings. The lowest BCUT2D eigenvalue weighted by Gasteiger charge is -2.34. The highest BCUT2D eigenvalue weighted by Gasteiger charge is 2.27. The van der Waals surface area contributed by atoms with Crippen molar-refractivity contribution < 1.29 is 28.2 Å². The number of halogens is 1. The second kappa shape index (κ2) is 10.1. The van der Waals surface area contributed by atoms with Gasteiger partial charge in [0.2, 0.25) is 11.7 Å². The molecule has 9 heteroatoms. The number of rotatable bonds is 7. The molecule has 166 valence electrons. The Morgan fingerprint density at radius 3 is 2.13 bits per heavy atom. The van der Waals surface area contributed by atoms with Crippen molar-refractivity contribution in [1.82, 2.24) is 9.80 Å². The topological polar surface area (TPSA) is 80.3 Å². The monoisotopic (exact) mass is 431 g/mol. The van der Waals surface area contributed by atoms with Gasteiger partial charge in [0, 0.05) is 31.9 Å². The van der Waals surface area contributed by atoms with Crippen molar-refractivity contribution >= 4 is 17.5 Å². The van der Waals surface area contributed by atoms with Crippen molar-refractivity contribution in [2.75, 3.05) is 59.4 Å². The van der Waals surface area contributed by atoms with E-state index >= 15 is 0 Å². The molecule has 1 fully saturated rings. The van der Waals surface area contributed by atoms with Crippen molar-refractivity contribution in [3.63, 3.8) is 0 Å². The van der Waals surface area contributed by atoms with Crippen molar-refractivity contribution in [2.24, 2.45) is 0 Å². The summed E-state index contributed by atoms with van der Waals surface area (Å²) in [5, 5.41) is 2.74. The van der Waals surface area contributed by atoms with Gasteiger partial charge in [-0.05, 0) is 36.4 Å². The zero-order chi connectivity index (χ0) is 22.4. The standard InChI is InChI=1S/C22H26FN3O5/c1-29-18-9-8-17(20(30-2)21(18)31-3)22(28)26-12-10-25(11-13-26)14-19(27)24-16-6-4-15(23)5-7-16/h4-9H,10-14H2,1-3H3,(H,24,27). The number of amides is 2. The smallest absolute Gasteiger partial charge is 0.257 e. The first-order valence-corrected chi connectivity index (χ1v) is 9.82. The van der Waals surface area contributed by atoms with E-state index in [0.29, 0.717) is 54.7 Å². The quantitative estimate of drug-likeness (QED) is 0.724. The third-order valence-electron chi connectivity index (χ3n) is 5.09. The molecule has 0 spiro atoms. The molecule has 0 unspecified atom stereocenters. The molecule has 0 aliphatic carbocycles. The Labute approximate surface area is 180 Å². The van der Waals surface area contributed by atoms with E-state index in [-0.39, 0.29) is 24.2 Å². The molecule has 0 saturated carbocycles. The van der Waals surface area contributed by atoms with Gasteiger partial charge in [-0.15, -0.1) is 0 Å². The first-order chi connectivity index (χ1) is 15.0. The summed E-state index contributed by atoms with van der Waals surface area (Å²) in [4.78, 5) is 29.0. The molecule has 2 aromatic carbocycles. The molecule has 3 rings (SSSR count). The summed E-state index contributed by atoms with van der Waals surface area (Å²) in [7, 11) is 4.49. The van der Waals surface area contributed by atoms with Crippen LogP contribution in [0.3, 0.4) is 0 Å². The number of carbonyl (C=O) groups is 2. The fourth-order valence-corrected chi connectivity index (χ4v) is 3.49. The minimum atomic E-state index is -0.357. The molecule has 1 N–H and O–H groups in total. The highest BCUT2D eigenvalue weighted by molar-refractivity contribution is 5.98. The summed E-state index contributed by atoms with van der Waals surface area (Å²) in [5.41, 5.74) is 0.934. The van der Waals surface area contributed by atoms with Crippen LogP contribution in [-0.4, -0.2) is 75.7 Å². The number of carbonyl (C=O) groups excluding carboxylic acids is 2. The third-order valence-corrected chi connectivity index (χ3v) is 5.09. The minimum Gasteiger partial charge on any atom is -0.493 e. The maximum absolute atomic E-state index is 13.1. The molecule has 0 atom stereocenters. The zero-order valence-electron chi connectivity index (χ0n) is 17.8. The maximum atomic E-state index is 13.1. The molecule has 0 aromatic heterocycles. The predicted molar refractivity (Wildman–Crippen MR) is 113 cm³/mol. The van der Waals surface area contributed by atoms with Crippen molar-refractivity contribution in [3.8, 4) is 17.2 Å². The van der Waals surface area contributed by atoms with E-state index in [9.17, 15) is 14.0 Å². The first kappa shape index (κ1) is 22.4. The summed E-state index contributed by atoms with van der Waals surface area (Å²) in [6.07, 6.45) is 0. The van der Waals surface area contributed by atoms with Gasteiger partial charge in [0.1, 0.15) is 5.82 Å². The van der Waals surface area contributed by atoms with Crippen LogP contribution in [0.2, 0.25) is 0 Å². The van der Waals surface area contributed by atoms with Crippen LogP contribution in [0, 0.1) is 5.82 Å². The van der Waals surface area contributed by atoms with Crippen LogP contribution in [0.25, 0.3) is 0 Å². The van der Waals surface area contributed by atoms with Crippen molar-refractivity contribution in [1.29, 1.82) is 0 Å². The lowest BCUT2D eigenvalue weighted by atomic mass is 10.1. The summed E-state index contributed by atoms with van der Waals surface area (Å²) in [6, 6.07) is 8.95. The van der Waals surface area contributed by atoms with Gasteiger partial charge in [-0.25, -0.2) is 4.39 Å². The molecule has 1 aliphatic heterocycles. The van der Waals surface area contributed by atoms with E-state index in [0.717, 1.165) is 0 Å². The van der Waals surface area contributed by atoms with Crippen molar-refractivity contribution in [2.45, 2.75) is 0 Å². The van der Waals surface area contributed by atoms with Gasteiger partial charge in [0.05, 0.1) is 33.4 Å². The van der Waals surface area contributed by atoms with Crippen LogP contribution in [0.15, 0.2) is 36.4 Å². The number of hydrogen-bond acceptors (Lipinski definition) is 6. The third kappa shape index (κ3) is 5.24. The Morgan fingerprint density at radius 1 is 0.903 bits per heavy atom. The highest BCUT2D eigenvalue weighted by atomic mass is 19.1. The molecule has 31 heavy (non-hydrogen) atoms. The number of piperazine rings is 1. The molecular weight excluding hydrogens is 405 g/mol. The number of methoxy groups -OCH3 is 3.